The lowest BCUT2D eigenvalue weighted by atomic mass is 10.1. The Bertz CT molecular complexity index is 324. The van der Waals surface area contributed by atoms with Crippen LogP contribution in [0, 0.1) is 0 Å². The molecule has 1 aromatic carbocycles. The first-order chi connectivity index (χ1) is 8.19. The van der Waals surface area contributed by atoms with E-state index < -0.39 is 0 Å². The minimum Gasteiger partial charge on any atom is -0.490 e. The molecule has 96 valence electrons. The van der Waals surface area contributed by atoms with Crippen LogP contribution in [0.3, 0.4) is 0 Å². The van der Waals surface area contributed by atoms with Crippen LogP contribution in [0.25, 0.3) is 0 Å². The molecule has 17 heavy (non-hydrogen) atoms. The monoisotopic (exact) mass is 235 g/mol. The van der Waals surface area contributed by atoms with E-state index in [9.17, 15) is 0 Å². The highest BCUT2D eigenvalue weighted by atomic mass is 16.5. The van der Waals surface area contributed by atoms with E-state index in [1.54, 1.807) is 0 Å². The lowest BCUT2D eigenvalue weighted by Gasteiger charge is -2.20. The molecule has 0 saturated heterocycles. The minimum absolute atomic E-state index is 0.273. The zero-order valence-corrected chi connectivity index (χ0v) is 11.5. The zero-order valence-electron chi connectivity index (χ0n) is 11.5. The molecule has 0 bridgehead atoms. The van der Waals surface area contributed by atoms with Crippen LogP contribution in [0.1, 0.15) is 52.1 Å². The second-order valence-corrected chi connectivity index (χ2v) is 4.55. The van der Waals surface area contributed by atoms with Crippen molar-refractivity contribution in [2.24, 2.45) is 0 Å². The molecule has 0 heterocycles. The Hall–Kier alpha value is -1.02. The first-order valence-corrected chi connectivity index (χ1v) is 6.68. The van der Waals surface area contributed by atoms with Crippen molar-refractivity contribution in [2.45, 2.75) is 52.7 Å². The molecule has 0 spiro atoms. The summed E-state index contributed by atoms with van der Waals surface area (Å²) in [5.41, 5.74) is 1.25. The van der Waals surface area contributed by atoms with Gasteiger partial charge >= 0.3 is 0 Å². The Morgan fingerprint density at radius 2 is 1.88 bits per heavy atom. The highest BCUT2D eigenvalue weighted by Crippen LogP contribution is 2.26. The van der Waals surface area contributed by atoms with Crippen molar-refractivity contribution in [3.63, 3.8) is 0 Å². The Kier molecular flexibility index (Phi) is 6.06. The first-order valence-electron chi connectivity index (χ1n) is 6.68. The molecule has 1 aromatic rings. The quantitative estimate of drug-likeness (QED) is 0.773. The molecule has 0 fully saturated rings. The molecule has 0 unspecified atom stereocenters. The number of para-hydroxylation sites is 1. The fourth-order valence-electron chi connectivity index (χ4n) is 1.72. The van der Waals surface area contributed by atoms with Crippen molar-refractivity contribution in [2.75, 3.05) is 6.54 Å². The summed E-state index contributed by atoms with van der Waals surface area (Å²) in [7, 11) is 0. The molecule has 0 aliphatic carbocycles. The van der Waals surface area contributed by atoms with E-state index in [-0.39, 0.29) is 6.10 Å². The molecule has 2 atom stereocenters. The number of ether oxygens (including phenoxy) is 1. The lowest BCUT2D eigenvalue weighted by Crippen LogP contribution is -2.21. The van der Waals surface area contributed by atoms with Crippen LogP contribution < -0.4 is 10.1 Å². The fourth-order valence-corrected chi connectivity index (χ4v) is 1.72. The first kappa shape index (κ1) is 14.0. The van der Waals surface area contributed by atoms with Gasteiger partial charge in [-0.1, -0.05) is 32.0 Å². The van der Waals surface area contributed by atoms with Crippen molar-refractivity contribution < 1.29 is 4.74 Å². The standard InChI is InChI=1S/C15H25NO/c1-5-11-16-13(4)14-9-7-8-10-15(14)17-12(3)6-2/h7-10,12-13,16H,5-6,11H2,1-4H3/t12-,13-/m0/s1. The van der Waals surface area contributed by atoms with Crippen LogP contribution in [0.4, 0.5) is 0 Å². The van der Waals surface area contributed by atoms with Crippen molar-refractivity contribution in [1.82, 2.24) is 5.32 Å². The maximum Gasteiger partial charge on any atom is 0.124 e. The molecule has 0 aliphatic heterocycles. The summed E-state index contributed by atoms with van der Waals surface area (Å²) in [6.07, 6.45) is 2.46. The van der Waals surface area contributed by atoms with Crippen LogP contribution in [-0.4, -0.2) is 12.6 Å². The van der Waals surface area contributed by atoms with Crippen LogP contribution in [0.15, 0.2) is 24.3 Å². The van der Waals surface area contributed by atoms with Gasteiger partial charge in [0, 0.05) is 11.6 Å². The van der Waals surface area contributed by atoms with Gasteiger partial charge in [-0.25, -0.2) is 0 Å². The van der Waals surface area contributed by atoms with Gasteiger partial charge < -0.3 is 10.1 Å². The summed E-state index contributed by atoms with van der Waals surface area (Å²) in [6.45, 7) is 9.67. The predicted octanol–water partition coefficient (Wildman–Crippen LogP) is 3.92. The Morgan fingerprint density at radius 3 is 2.53 bits per heavy atom. The van der Waals surface area contributed by atoms with E-state index in [0.717, 1.165) is 25.1 Å². The van der Waals surface area contributed by atoms with Gasteiger partial charge in [0.15, 0.2) is 0 Å². The molecule has 0 aliphatic rings. The van der Waals surface area contributed by atoms with E-state index in [0.29, 0.717) is 6.04 Å². The molecule has 0 aromatic heterocycles. The average molecular weight is 235 g/mol. The Morgan fingerprint density at radius 1 is 1.18 bits per heavy atom. The van der Waals surface area contributed by atoms with Gasteiger partial charge in [-0.05, 0) is 39.3 Å². The largest absolute Gasteiger partial charge is 0.490 e. The fraction of sp³-hybridized carbons (Fsp3) is 0.600. The molecule has 0 amide bonds. The normalized spacial score (nSPS) is 14.4. The van der Waals surface area contributed by atoms with Gasteiger partial charge in [0.25, 0.3) is 0 Å². The van der Waals surface area contributed by atoms with E-state index in [2.05, 4.69) is 51.2 Å². The van der Waals surface area contributed by atoms with Gasteiger partial charge in [-0.2, -0.15) is 0 Å². The Balaban J connectivity index is 2.76. The van der Waals surface area contributed by atoms with Gasteiger partial charge in [0.05, 0.1) is 6.10 Å². The smallest absolute Gasteiger partial charge is 0.124 e. The third-order valence-corrected chi connectivity index (χ3v) is 2.99. The molecule has 1 N–H and O–H groups in total. The topological polar surface area (TPSA) is 21.3 Å². The van der Waals surface area contributed by atoms with E-state index in [1.807, 2.05) is 6.07 Å². The van der Waals surface area contributed by atoms with Gasteiger partial charge in [-0.3, -0.25) is 0 Å². The number of benzene rings is 1. The zero-order chi connectivity index (χ0) is 12.7. The molecule has 0 saturated carbocycles. The van der Waals surface area contributed by atoms with E-state index in [4.69, 9.17) is 4.74 Å². The van der Waals surface area contributed by atoms with Crippen molar-refractivity contribution >= 4 is 0 Å². The van der Waals surface area contributed by atoms with Crippen LogP contribution in [0.5, 0.6) is 5.75 Å². The molecular formula is C15H25NO. The number of hydrogen-bond donors (Lipinski definition) is 1. The highest BCUT2D eigenvalue weighted by molar-refractivity contribution is 5.35. The van der Waals surface area contributed by atoms with Gasteiger partial charge in [-0.15, -0.1) is 0 Å². The number of nitrogens with one attached hydrogen (secondary N) is 1. The number of rotatable bonds is 7. The van der Waals surface area contributed by atoms with Gasteiger partial charge in [0.2, 0.25) is 0 Å². The lowest BCUT2D eigenvalue weighted by molar-refractivity contribution is 0.213. The second kappa shape index (κ2) is 7.33. The van der Waals surface area contributed by atoms with E-state index >= 15 is 0 Å². The summed E-state index contributed by atoms with van der Waals surface area (Å²) < 4.78 is 5.96. The second-order valence-electron chi connectivity index (χ2n) is 4.55. The van der Waals surface area contributed by atoms with Crippen molar-refractivity contribution in [3.05, 3.63) is 29.8 Å². The maximum absolute atomic E-state index is 5.96. The summed E-state index contributed by atoms with van der Waals surface area (Å²) >= 11 is 0. The maximum atomic E-state index is 5.96. The summed E-state index contributed by atoms with van der Waals surface area (Å²) in [5, 5.41) is 3.50. The molecule has 1 rings (SSSR count). The summed E-state index contributed by atoms with van der Waals surface area (Å²) in [4.78, 5) is 0. The van der Waals surface area contributed by atoms with Crippen molar-refractivity contribution in [1.29, 1.82) is 0 Å². The predicted molar refractivity (Wildman–Crippen MR) is 73.5 cm³/mol. The van der Waals surface area contributed by atoms with Gasteiger partial charge in [0.1, 0.15) is 5.75 Å². The SMILES string of the molecule is CCCN[C@@H](C)c1ccccc1O[C@@H](C)CC. The van der Waals surface area contributed by atoms with Crippen molar-refractivity contribution in [3.8, 4) is 5.75 Å². The molecule has 2 nitrogen and oxygen atoms in total. The number of hydrogen-bond acceptors (Lipinski definition) is 2. The highest BCUT2D eigenvalue weighted by Gasteiger charge is 2.11. The minimum atomic E-state index is 0.273. The molecule has 2 heteroatoms. The van der Waals surface area contributed by atoms with Crippen LogP contribution in [0.2, 0.25) is 0 Å². The Labute approximate surface area is 105 Å². The third-order valence-electron chi connectivity index (χ3n) is 2.99. The molecular weight excluding hydrogens is 210 g/mol. The summed E-state index contributed by atoms with van der Waals surface area (Å²) in [5.74, 6) is 1.01. The van der Waals surface area contributed by atoms with Crippen LogP contribution >= 0.6 is 0 Å². The average Bonchev–Trinajstić information content (AvgIpc) is 2.36. The van der Waals surface area contributed by atoms with E-state index in [1.165, 1.54) is 5.56 Å². The third kappa shape index (κ3) is 4.39. The van der Waals surface area contributed by atoms with Crippen LogP contribution in [-0.2, 0) is 0 Å². The summed E-state index contributed by atoms with van der Waals surface area (Å²) in [6, 6.07) is 8.66. The molecule has 0 radical (unpaired) electrons.